The highest BCUT2D eigenvalue weighted by molar-refractivity contribution is 5.48. The summed E-state index contributed by atoms with van der Waals surface area (Å²) in [6.07, 6.45) is 0. The number of ether oxygens (including phenoxy) is 1. The van der Waals surface area contributed by atoms with Crippen molar-refractivity contribution in [2.75, 3.05) is 12.4 Å². The van der Waals surface area contributed by atoms with E-state index in [0.29, 0.717) is 11.5 Å². The van der Waals surface area contributed by atoms with Crippen LogP contribution < -0.4 is 10.1 Å². The number of rotatable bonds is 5. The molecule has 0 saturated heterocycles. The number of methoxy groups -OCH3 is 1. The molecule has 6 nitrogen and oxygen atoms in total. The number of nitrogens with one attached hydrogen (secondary N) is 1. The molecule has 0 aliphatic heterocycles. The molecule has 0 aliphatic rings. The van der Waals surface area contributed by atoms with Gasteiger partial charge in [-0.2, -0.15) is 4.68 Å². The van der Waals surface area contributed by atoms with Crippen LogP contribution in [0, 0.1) is 5.82 Å². The summed E-state index contributed by atoms with van der Waals surface area (Å²) < 4.78 is 20.3. The number of halogens is 1. The third-order valence-corrected chi connectivity index (χ3v) is 3.42. The van der Waals surface area contributed by atoms with Crippen molar-refractivity contribution in [1.29, 1.82) is 0 Å². The van der Waals surface area contributed by atoms with E-state index in [1.54, 1.807) is 16.8 Å². The van der Waals surface area contributed by atoms with Crippen molar-refractivity contribution in [2.45, 2.75) is 13.0 Å². The first-order valence-electron chi connectivity index (χ1n) is 7.13. The molecular formula is C16H16FN5O. The predicted molar refractivity (Wildman–Crippen MR) is 84.1 cm³/mol. The summed E-state index contributed by atoms with van der Waals surface area (Å²) in [5, 5.41) is 15.0. The fraction of sp³-hybridized carbons (Fsp3) is 0.188. The Bertz CT molecular complexity index is 790. The minimum Gasteiger partial charge on any atom is -0.494 e. The quantitative estimate of drug-likeness (QED) is 0.784. The number of tetrazole rings is 1. The molecule has 0 radical (unpaired) electrons. The third-order valence-electron chi connectivity index (χ3n) is 3.42. The fourth-order valence-corrected chi connectivity index (χ4v) is 2.29. The largest absolute Gasteiger partial charge is 0.494 e. The van der Waals surface area contributed by atoms with E-state index < -0.39 is 5.82 Å². The van der Waals surface area contributed by atoms with Crippen molar-refractivity contribution in [1.82, 2.24) is 20.2 Å². The highest BCUT2D eigenvalue weighted by atomic mass is 19.1. The van der Waals surface area contributed by atoms with Gasteiger partial charge in [0.05, 0.1) is 18.8 Å². The standard InChI is InChI=1S/C16H16FN5O/c1-11(18-12-8-9-15(23-2)14(17)10-12)16-19-20-21-22(16)13-6-4-3-5-7-13/h3-11,18H,1-2H3. The highest BCUT2D eigenvalue weighted by Crippen LogP contribution is 2.24. The van der Waals surface area contributed by atoms with Crippen molar-refractivity contribution in [3.05, 3.63) is 60.2 Å². The van der Waals surface area contributed by atoms with Crippen LogP contribution in [0.25, 0.3) is 5.69 Å². The van der Waals surface area contributed by atoms with Gasteiger partial charge in [-0.3, -0.25) is 0 Å². The van der Waals surface area contributed by atoms with Gasteiger partial charge in [0.25, 0.3) is 0 Å². The van der Waals surface area contributed by atoms with E-state index in [-0.39, 0.29) is 11.8 Å². The minimum atomic E-state index is -0.424. The molecule has 1 N–H and O–H groups in total. The number of anilines is 1. The molecule has 0 saturated carbocycles. The zero-order chi connectivity index (χ0) is 16.2. The SMILES string of the molecule is COc1ccc(NC(C)c2nnnn2-c2ccccc2)cc1F. The number of hydrogen-bond donors (Lipinski definition) is 1. The van der Waals surface area contributed by atoms with Gasteiger partial charge in [-0.15, -0.1) is 5.10 Å². The van der Waals surface area contributed by atoms with Gasteiger partial charge >= 0.3 is 0 Å². The molecular weight excluding hydrogens is 297 g/mol. The van der Waals surface area contributed by atoms with E-state index in [4.69, 9.17) is 4.74 Å². The predicted octanol–water partition coefficient (Wildman–Crippen LogP) is 2.98. The van der Waals surface area contributed by atoms with E-state index in [1.807, 2.05) is 37.3 Å². The molecule has 118 valence electrons. The molecule has 1 atom stereocenters. The second kappa shape index (κ2) is 6.43. The van der Waals surface area contributed by atoms with Crippen LogP contribution in [0.4, 0.5) is 10.1 Å². The molecule has 23 heavy (non-hydrogen) atoms. The second-order valence-corrected chi connectivity index (χ2v) is 5.00. The summed E-state index contributed by atoms with van der Waals surface area (Å²) in [6, 6.07) is 14.1. The minimum absolute atomic E-state index is 0.206. The van der Waals surface area contributed by atoms with Crippen molar-refractivity contribution in [3.63, 3.8) is 0 Å². The average molecular weight is 313 g/mol. The van der Waals surface area contributed by atoms with Gasteiger partial charge in [-0.1, -0.05) is 18.2 Å². The topological polar surface area (TPSA) is 64.9 Å². The van der Waals surface area contributed by atoms with Crippen molar-refractivity contribution < 1.29 is 9.13 Å². The Morgan fingerprint density at radius 3 is 2.65 bits per heavy atom. The van der Waals surface area contributed by atoms with Gasteiger partial charge in [0, 0.05) is 11.8 Å². The van der Waals surface area contributed by atoms with E-state index in [9.17, 15) is 4.39 Å². The first-order chi connectivity index (χ1) is 11.2. The summed E-state index contributed by atoms with van der Waals surface area (Å²) in [5.41, 5.74) is 1.49. The lowest BCUT2D eigenvalue weighted by molar-refractivity contribution is 0.386. The Kier molecular flexibility index (Phi) is 4.18. The Morgan fingerprint density at radius 1 is 1.17 bits per heavy atom. The molecule has 3 rings (SSSR count). The van der Waals surface area contributed by atoms with Crippen LogP contribution in [0.2, 0.25) is 0 Å². The Hall–Kier alpha value is -2.96. The van der Waals surface area contributed by atoms with Gasteiger partial charge < -0.3 is 10.1 Å². The lowest BCUT2D eigenvalue weighted by Crippen LogP contribution is -2.14. The van der Waals surface area contributed by atoms with Crippen LogP contribution in [0.3, 0.4) is 0 Å². The maximum Gasteiger partial charge on any atom is 0.178 e. The van der Waals surface area contributed by atoms with Gasteiger partial charge in [0.15, 0.2) is 17.4 Å². The molecule has 0 aliphatic carbocycles. The summed E-state index contributed by atoms with van der Waals surface area (Å²) in [5.74, 6) is 0.414. The van der Waals surface area contributed by atoms with Crippen LogP contribution in [-0.2, 0) is 0 Å². The monoisotopic (exact) mass is 313 g/mol. The zero-order valence-electron chi connectivity index (χ0n) is 12.8. The molecule has 0 bridgehead atoms. The fourth-order valence-electron chi connectivity index (χ4n) is 2.29. The highest BCUT2D eigenvalue weighted by Gasteiger charge is 2.16. The van der Waals surface area contributed by atoms with E-state index >= 15 is 0 Å². The maximum absolute atomic E-state index is 13.8. The van der Waals surface area contributed by atoms with Crippen molar-refractivity contribution >= 4 is 5.69 Å². The first-order valence-corrected chi connectivity index (χ1v) is 7.13. The lowest BCUT2D eigenvalue weighted by atomic mass is 10.2. The first kappa shape index (κ1) is 15.0. The summed E-state index contributed by atoms with van der Waals surface area (Å²) >= 11 is 0. The number of aromatic nitrogens is 4. The molecule has 7 heteroatoms. The average Bonchev–Trinajstić information content (AvgIpc) is 3.05. The van der Waals surface area contributed by atoms with E-state index in [0.717, 1.165) is 5.69 Å². The summed E-state index contributed by atoms with van der Waals surface area (Å²) in [7, 11) is 1.43. The van der Waals surface area contributed by atoms with Gasteiger partial charge in [-0.05, 0) is 41.6 Å². The second-order valence-electron chi connectivity index (χ2n) is 5.00. The van der Waals surface area contributed by atoms with Gasteiger partial charge in [0.1, 0.15) is 0 Å². The zero-order valence-corrected chi connectivity index (χ0v) is 12.8. The molecule has 0 amide bonds. The molecule has 0 fully saturated rings. The van der Waals surface area contributed by atoms with Crippen LogP contribution in [-0.4, -0.2) is 27.3 Å². The molecule has 1 aromatic heterocycles. The maximum atomic E-state index is 13.8. The van der Waals surface area contributed by atoms with E-state index in [1.165, 1.54) is 13.2 Å². The number of benzene rings is 2. The van der Waals surface area contributed by atoms with Crippen LogP contribution in [0.1, 0.15) is 18.8 Å². The molecule has 0 spiro atoms. The normalized spacial score (nSPS) is 12.0. The van der Waals surface area contributed by atoms with Gasteiger partial charge in [0.2, 0.25) is 0 Å². The van der Waals surface area contributed by atoms with Crippen LogP contribution in [0.5, 0.6) is 5.75 Å². The third kappa shape index (κ3) is 3.13. The lowest BCUT2D eigenvalue weighted by Gasteiger charge is -2.15. The number of hydrogen-bond acceptors (Lipinski definition) is 5. The van der Waals surface area contributed by atoms with Crippen molar-refractivity contribution in [2.24, 2.45) is 0 Å². The molecule has 1 unspecified atom stereocenters. The number of nitrogens with zero attached hydrogens (tertiary/aromatic N) is 4. The molecule has 1 heterocycles. The summed E-state index contributed by atoms with van der Waals surface area (Å²) in [6.45, 7) is 1.91. The Labute approximate surface area is 132 Å². The van der Waals surface area contributed by atoms with Crippen LogP contribution >= 0.6 is 0 Å². The van der Waals surface area contributed by atoms with Crippen molar-refractivity contribution in [3.8, 4) is 11.4 Å². The van der Waals surface area contributed by atoms with E-state index in [2.05, 4.69) is 20.8 Å². The van der Waals surface area contributed by atoms with Crippen LogP contribution in [0.15, 0.2) is 48.5 Å². The smallest absolute Gasteiger partial charge is 0.178 e. The number of para-hydroxylation sites is 1. The van der Waals surface area contributed by atoms with Gasteiger partial charge in [-0.25, -0.2) is 4.39 Å². The summed E-state index contributed by atoms with van der Waals surface area (Å²) in [4.78, 5) is 0. The molecule has 3 aromatic rings. The Morgan fingerprint density at radius 2 is 1.96 bits per heavy atom. The Balaban J connectivity index is 1.83. The molecule has 2 aromatic carbocycles.